The molecule has 0 amide bonds. The highest BCUT2D eigenvalue weighted by molar-refractivity contribution is 7.91. The Labute approximate surface area is 123 Å². The van der Waals surface area contributed by atoms with Crippen LogP contribution in [0.5, 0.6) is 0 Å². The summed E-state index contributed by atoms with van der Waals surface area (Å²) in [5, 5.41) is 0.537. The van der Waals surface area contributed by atoms with Crippen LogP contribution in [0.4, 0.5) is 8.78 Å². The number of benzene rings is 1. The van der Waals surface area contributed by atoms with Crippen LogP contribution >= 0.6 is 11.3 Å². The van der Waals surface area contributed by atoms with Crippen molar-refractivity contribution in [2.75, 3.05) is 0 Å². The highest BCUT2D eigenvalue weighted by atomic mass is 32.2. The first-order chi connectivity index (χ1) is 9.20. The summed E-state index contributed by atoms with van der Waals surface area (Å²) in [4.78, 5) is 0.696. The van der Waals surface area contributed by atoms with Crippen LogP contribution in [0.1, 0.15) is 31.2 Å². The summed E-state index contributed by atoms with van der Waals surface area (Å²) >= 11 is -0.183. The first kappa shape index (κ1) is 15.4. The van der Waals surface area contributed by atoms with Gasteiger partial charge in [0.2, 0.25) is 0 Å². The second kappa shape index (κ2) is 5.42. The van der Waals surface area contributed by atoms with Gasteiger partial charge >= 0.3 is 0 Å². The van der Waals surface area contributed by atoms with Gasteiger partial charge in [0.05, 0.1) is 15.8 Å². The van der Waals surface area contributed by atoms with Gasteiger partial charge in [0, 0.05) is 11.5 Å². The minimum Gasteiger partial charge on any atom is -0.591 e. The van der Waals surface area contributed by atoms with Crippen LogP contribution in [0.15, 0.2) is 16.5 Å². The number of nitrogens with zero attached hydrogens (tertiary/aromatic N) is 1. The summed E-state index contributed by atoms with van der Waals surface area (Å²) in [5.74, 6) is -1.18. The van der Waals surface area contributed by atoms with Crippen molar-refractivity contribution in [1.29, 1.82) is 0 Å². The zero-order chi connectivity index (χ0) is 15.1. The van der Waals surface area contributed by atoms with Crippen molar-refractivity contribution >= 4 is 39.0 Å². The minimum absolute atomic E-state index is 0.395. The second-order valence-corrected chi connectivity index (χ2v) is 8.44. The Kier molecular flexibility index (Phi) is 4.18. The van der Waals surface area contributed by atoms with Gasteiger partial charge < -0.3 is 4.55 Å². The lowest BCUT2D eigenvalue weighted by Crippen LogP contribution is -2.25. The monoisotopic (exact) mass is 315 g/mol. The number of thiophene rings is 1. The van der Waals surface area contributed by atoms with Gasteiger partial charge in [-0.25, -0.2) is 8.78 Å². The van der Waals surface area contributed by atoms with Crippen molar-refractivity contribution in [3.05, 3.63) is 34.2 Å². The molecule has 2 aromatic rings. The van der Waals surface area contributed by atoms with Crippen molar-refractivity contribution in [3.8, 4) is 0 Å². The topological polar surface area (TPSA) is 35.4 Å². The van der Waals surface area contributed by atoms with Gasteiger partial charge in [0.15, 0.2) is 0 Å². The van der Waals surface area contributed by atoms with Crippen molar-refractivity contribution in [2.45, 2.75) is 32.4 Å². The zero-order valence-electron chi connectivity index (χ0n) is 11.7. The molecule has 1 aromatic carbocycles. The summed E-state index contributed by atoms with van der Waals surface area (Å²) < 4.78 is 42.8. The van der Waals surface area contributed by atoms with Crippen LogP contribution in [0, 0.1) is 18.6 Å². The van der Waals surface area contributed by atoms with Crippen molar-refractivity contribution in [1.82, 2.24) is 0 Å². The third kappa shape index (κ3) is 3.02. The molecule has 1 unspecified atom stereocenters. The molecule has 1 heterocycles. The van der Waals surface area contributed by atoms with Crippen LogP contribution in [0.3, 0.4) is 0 Å². The molecule has 6 heteroatoms. The molecule has 20 heavy (non-hydrogen) atoms. The molecule has 0 radical (unpaired) electrons. The zero-order valence-corrected chi connectivity index (χ0v) is 13.3. The molecule has 2 rings (SSSR count). The van der Waals surface area contributed by atoms with Crippen molar-refractivity contribution < 1.29 is 13.3 Å². The van der Waals surface area contributed by atoms with Gasteiger partial charge in [-0.15, -0.1) is 11.3 Å². The molecule has 0 aliphatic heterocycles. The molecule has 0 N–H and O–H groups in total. The van der Waals surface area contributed by atoms with Gasteiger partial charge in [-0.05, 0) is 39.3 Å². The summed E-state index contributed by atoms with van der Waals surface area (Å²) in [7, 11) is 0. The molecule has 0 aliphatic rings. The van der Waals surface area contributed by atoms with Crippen LogP contribution in [0.2, 0.25) is 0 Å². The summed E-state index contributed by atoms with van der Waals surface area (Å²) in [6.45, 7) is 7.26. The van der Waals surface area contributed by atoms with Gasteiger partial charge in [-0.3, -0.25) is 0 Å². The Morgan fingerprint density at radius 1 is 1.30 bits per heavy atom. The van der Waals surface area contributed by atoms with E-state index in [2.05, 4.69) is 4.40 Å². The molecule has 1 aromatic heterocycles. The van der Waals surface area contributed by atoms with Gasteiger partial charge in [-0.2, -0.15) is 0 Å². The second-order valence-electron chi connectivity index (χ2n) is 5.45. The molecule has 0 aliphatic carbocycles. The first-order valence-electron chi connectivity index (χ1n) is 6.04. The van der Waals surface area contributed by atoms with E-state index in [-0.39, 0.29) is 0 Å². The predicted octanol–water partition coefficient (Wildman–Crippen LogP) is 4.37. The van der Waals surface area contributed by atoms with Crippen molar-refractivity contribution in [3.63, 3.8) is 0 Å². The molecule has 108 valence electrons. The fraction of sp³-hybridized carbons (Fsp3) is 0.357. The number of hydrogen-bond donors (Lipinski definition) is 0. The summed E-state index contributed by atoms with van der Waals surface area (Å²) in [5.41, 5.74) is 0.748. The largest absolute Gasteiger partial charge is 0.591 e. The molecular weight excluding hydrogens is 300 g/mol. The van der Waals surface area contributed by atoms with Crippen LogP contribution in [-0.4, -0.2) is 15.5 Å². The first-order valence-corrected chi connectivity index (χ1v) is 7.96. The molecule has 2 nitrogen and oxygen atoms in total. The van der Waals surface area contributed by atoms with Crippen LogP contribution in [0.25, 0.3) is 10.1 Å². The SMILES string of the molecule is Cc1c(C=N[S+]([O-])C(C)(C)C)sc2c(F)cc(F)cc12. The van der Waals surface area contributed by atoms with E-state index < -0.39 is 27.7 Å². The number of rotatable bonds is 2. The van der Waals surface area contributed by atoms with Gasteiger partial charge in [-0.1, -0.05) is 4.40 Å². The molecular formula is C14H15F2NOS2. The summed E-state index contributed by atoms with van der Waals surface area (Å²) in [6, 6.07) is 2.18. The lowest BCUT2D eigenvalue weighted by Gasteiger charge is -2.17. The Hall–Kier alpha value is -0.980. The van der Waals surface area contributed by atoms with E-state index in [1.54, 1.807) is 6.92 Å². The van der Waals surface area contributed by atoms with Crippen LogP contribution < -0.4 is 0 Å². The van der Waals surface area contributed by atoms with Crippen LogP contribution in [-0.2, 0) is 11.4 Å². The maximum Gasteiger partial charge on any atom is 0.144 e. The fourth-order valence-corrected chi connectivity index (χ4v) is 3.29. The Balaban J connectivity index is 2.44. The number of aryl methyl sites for hydroxylation is 1. The third-order valence-corrected chi connectivity index (χ3v) is 5.38. The van der Waals surface area contributed by atoms with Crippen molar-refractivity contribution in [2.24, 2.45) is 4.40 Å². The molecule has 0 spiro atoms. The average Bonchev–Trinajstić information content (AvgIpc) is 2.63. The normalized spacial score (nSPS) is 14.3. The van der Waals surface area contributed by atoms with E-state index >= 15 is 0 Å². The van der Waals surface area contributed by atoms with Gasteiger partial charge in [0.1, 0.15) is 27.7 Å². The lowest BCUT2D eigenvalue weighted by molar-refractivity contribution is 0.562. The average molecular weight is 315 g/mol. The van der Waals surface area contributed by atoms with E-state index in [9.17, 15) is 13.3 Å². The van der Waals surface area contributed by atoms with E-state index in [1.807, 2.05) is 20.8 Å². The Morgan fingerprint density at radius 3 is 2.55 bits per heavy atom. The minimum atomic E-state index is -1.37. The predicted molar refractivity (Wildman–Crippen MR) is 82.0 cm³/mol. The van der Waals surface area contributed by atoms with E-state index in [0.29, 0.717) is 15.0 Å². The maximum atomic E-state index is 13.7. The number of hydrogen-bond acceptors (Lipinski definition) is 3. The highest BCUT2D eigenvalue weighted by Crippen LogP contribution is 2.32. The molecule has 0 saturated carbocycles. The fourth-order valence-electron chi connectivity index (χ4n) is 1.64. The number of halogens is 2. The molecule has 0 fully saturated rings. The van der Waals surface area contributed by atoms with E-state index in [4.69, 9.17) is 0 Å². The smallest absolute Gasteiger partial charge is 0.144 e. The summed E-state index contributed by atoms with van der Waals surface area (Å²) in [6.07, 6.45) is 1.48. The lowest BCUT2D eigenvalue weighted by atomic mass is 10.1. The maximum absolute atomic E-state index is 13.7. The molecule has 1 atom stereocenters. The van der Waals surface area contributed by atoms with E-state index in [1.165, 1.54) is 23.6 Å². The quantitative estimate of drug-likeness (QED) is 0.599. The molecule has 0 bridgehead atoms. The highest BCUT2D eigenvalue weighted by Gasteiger charge is 2.26. The standard InChI is InChI=1S/C14H15F2NOS2/c1-8-10-5-9(15)6-11(16)13(10)19-12(8)7-17-20(18)14(2,3)4/h5-7H,1-4H3. The van der Waals surface area contributed by atoms with Gasteiger partial charge in [0.25, 0.3) is 0 Å². The number of fused-ring (bicyclic) bond motifs is 1. The molecule has 0 saturated heterocycles. The Bertz CT molecular complexity index is 674. The van der Waals surface area contributed by atoms with E-state index in [0.717, 1.165) is 11.6 Å². The Morgan fingerprint density at radius 2 is 1.95 bits per heavy atom. The third-order valence-electron chi connectivity index (χ3n) is 2.78.